The minimum atomic E-state index is -0.143. The van der Waals surface area contributed by atoms with Crippen LogP contribution in [0.5, 0.6) is 0 Å². The second-order valence-electron chi connectivity index (χ2n) is 13.7. The van der Waals surface area contributed by atoms with Gasteiger partial charge >= 0.3 is 0 Å². The first-order valence-electron chi connectivity index (χ1n) is 14.0. The molecule has 0 aromatic carbocycles. The Hall–Kier alpha value is -0.340. The Kier molecular flexibility index (Phi) is 6.50. The first kappa shape index (κ1) is 24.8. The van der Waals surface area contributed by atoms with Crippen LogP contribution in [-0.4, -0.2) is 22.4 Å². The number of hydrogen-bond acceptors (Lipinski definition) is 2. The summed E-state index contributed by atoms with van der Waals surface area (Å²) in [6.07, 6.45) is 14.1. The lowest BCUT2D eigenvalue weighted by atomic mass is 9.43. The van der Waals surface area contributed by atoms with Gasteiger partial charge in [-0.05, 0) is 104 Å². The van der Waals surface area contributed by atoms with Gasteiger partial charge in [0.15, 0.2) is 0 Å². The van der Waals surface area contributed by atoms with Crippen molar-refractivity contribution in [2.75, 3.05) is 0 Å². The van der Waals surface area contributed by atoms with Crippen molar-refractivity contribution in [2.45, 2.75) is 138 Å². The van der Waals surface area contributed by atoms with Crippen LogP contribution in [0, 0.1) is 39.4 Å². The predicted molar refractivity (Wildman–Crippen MR) is 134 cm³/mol. The number of rotatable bonds is 6. The fourth-order valence-corrected chi connectivity index (χ4v) is 9.71. The first-order valence-corrected chi connectivity index (χ1v) is 14.0. The zero-order chi connectivity index (χ0) is 23.5. The van der Waals surface area contributed by atoms with Gasteiger partial charge < -0.3 is 10.2 Å². The molecule has 0 aromatic heterocycles. The molecule has 0 saturated heterocycles. The highest BCUT2D eigenvalue weighted by atomic mass is 16.3. The van der Waals surface area contributed by atoms with E-state index in [0.29, 0.717) is 22.2 Å². The van der Waals surface area contributed by atoms with E-state index in [9.17, 15) is 10.2 Å². The maximum absolute atomic E-state index is 10.8. The lowest BCUT2D eigenvalue weighted by Gasteiger charge is -2.62. The molecule has 4 aliphatic rings. The molecule has 2 saturated carbocycles. The predicted octanol–water partition coefficient (Wildman–Crippen LogP) is 7.67. The van der Waals surface area contributed by atoms with Crippen LogP contribution in [-0.2, 0) is 0 Å². The third kappa shape index (κ3) is 3.48. The summed E-state index contributed by atoms with van der Waals surface area (Å²) >= 11 is 0. The summed E-state index contributed by atoms with van der Waals surface area (Å²) in [5, 5.41) is 20.8. The zero-order valence-electron chi connectivity index (χ0n) is 22.3. The van der Waals surface area contributed by atoms with Gasteiger partial charge in [0.2, 0.25) is 0 Å². The molecule has 0 bridgehead atoms. The second kappa shape index (κ2) is 8.40. The standard InChI is InChI=1S/C30H52O2/c1-8-21(31)11-9-10-20(2)22-14-18-30(7)24-12-13-25-27(3,4)26(32)16-17-28(25,5)23(24)15-19-29(22,30)6/h20-22,25-26,31-32H,8-19H2,1-7H3/t20-,21?,22-,25+,26+,28-,29-,30+/m1/s1. The highest BCUT2D eigenvalue weighted by Crippen LogP contribution is 2.72. The van der Waals surface area contributed by atoms with Crippen LogP contribution in [0.25, 0.3) is 0 Å². The average Bonchev–Trinajstić information content (AvgIpc) is 3.02. The lowest BCUT2D eigenvalue weighted by Crippen LogP contribution is -2.55. The van der Waals surface area contributed by atoms with Crippen molar-refractivity contribution >= 4 is 0 Å². The number of hydrogen-bond donors (Lipinski definition) is 2. The number of allylic oxidation sites excluding steroid dienone is 2. The third-order valence-corrected chi connectivity index (χ3v) is 12.1. The van der Waals surface area contributed by atoms with E-state index in [0.717, 1.165) is 31.1 Å². The number of fused-ring (bicyclic) bond motifs is 4. The molecule has 2 fully saturated rings. The minimum absolute atomic E-state index is 0.0307. The van der Waals surface area contributed by atoms with Gasteiger partial charge in [0.25, 0.3) is 0 Å². The Balaban J connectivity index is 1.59. The molecule has 4 rings (SSSR count). The number of aliphatic hydroxyl groups excluding tert-OH is 2. The summed E-state index contributed by atoms with van der Waals surface area (Å²) in [4.78, 5) is 0. The zero-order valence-corrected chi connectivity index (χ0v) is 22.3. The van der Waals surface area contributed by atoms with Crippen LogP contribution >= 0.6 is 0 Å². The highest BCUT2D eigenvalue weighted by Gasteiger charge is 2.63. The van der Waals surface area contributed by atoms with E-state index in [1.54, 1.807) is 0 Å². The fraction of sp³-hybridized carbons (Fsp3) is 0.933. The van der Waals surface area contributed by atoms with Crippen molar-refractivity contribution < 1.29 is 10.2 Å². The SMILES string of the molecule is CCC(O)CCC[C@@H](C)[C@H]1CC[C@@]2(C)C3=C(CC[C@]12C)[C@@]1(C)CC[C@H](O)C(C)(C)[C@@H]1CC3. The van der Waals surface area contributed by atoms with Crippen molar-refractivity contribution in [3.63, 3.8) is 0 Å². The molecule has 0 spiro atoms. The van der Waals surface area contributed by atoms with Crippen LogP contribution in [0.3, 0.4) is 0 Å². The van der Waals surface area contributed by atoms with Gasteiger partial charge in [-0.2, -0.15) is 0 Å². The highest BCUT2D eigenvalue weighted by molar-refractivity contribution is 5.38. The summed E-state index contributed by atoms with van der Waals surface area (Å²) in [7, 11) is 0. The van der Waals surface area contributed by atoms with Crippen LogP contribution in [0.2, 0.25) is 0 Å². The van der Waals surface area contributed by atoms with Crippen molar-refractivity contribution in [1.82, 2.24) is 0 Å². The van der Waals surface area contributed by atoms with E-state index < -0.39 is 0 Å². The van der Waals surface area contributed by atoms with Gasteiger partial charge in [0.1, 0.15) is 0 Å². The lowest BCUT2D eigenvalue weighted by molar-refractivity contribution is -0.0962. The maximum atomic E-state index is 10.8. The van der Waals surface area contributed by atoms with E-state index in [1.807, 2.05) is 11.1 Å². The quantitative estimate of drug-likeness (QED) is 0.412. The van der Waals surface area contributed by atoms with E-state index in [1.165, 1.54) is 57.8 Å². The molecule has 2 N–H and O–H groups in total. The van der Waals surface area contributed by atoms with Gasteiger partial charge in [-0.1, -0.05) is 72.5 Å². The summed E-state index contributed by atoms with van der Waals surface area (Å²) < 4.78 is 0. The Labute approximate surface area is 198 Å². The molecule has 0 heterocycles. The number of aliphatic hydroxyl groups is 2. The second-order valence-corrected chi connectivity index (χ2v) is 13.7. The van der Waals surface area contributed by atoms with E-state index in [4.69, 9.17) is 0 Å². The van der Waals surface area contributed by atoms with Crippen molar-refractivity contribution in [1.29, 1.82) is 0 Å². The Morgan fingerprint density at radius 2 is 1.62 bits per heavy atom. The smallest absolute Gasteiger partial charge is 0.0594 e. The average molecular weight is 445 g/mol. The van der Waals surface area contributed by atoms with Crippen molar-refractivity contribution in [3.8, 4) is 0 Å². The van der Waals surface area contributed by atoms with Gasteiger partial charge in [-0.25, -0.2) is 0 Å². The van der Waals surface area contributed by atoms with Crippen LogP contribution < -0.4 is 0 Å². The molecule has 184 valence electrons. The van der Waals surface area contributed by atoms with Crippen LogP contribution in [0.15, 0.2) is 11.1 Å². The Morgan fingerprint density at radius 3 is 2.31 bits per heavy atom. The maximum Gasteiger partial charge on any atom is 0.0594 e. The normalized spacial score (nSPS) is 45.1. The van der Waals surface area contributed by atoms with Crippen LogP contribution in [0.1, 0.15) is 126 Å². The van der Waals surface area contributed by atoms with E-state index >= 15 is 0 Å². The van der Waals surface area contributed by atoms with Gasteiger partial charge in [0, 0.05) is 0 Å². The molecular formula is C30H52O2. The monoisotopic (exact) mass is 444 g/mol. The summed E-state index contributed by atoms with van der Waals surface area (Å²) in [5.74, 6) is 2.19. The molecule has 4 aliphatic carbocycles. The molecule has 32 heavy (non-hydrogen) atoms. The summed E-state index contributed by atoms with van der Waals surface area (Å²) in [5.41, 5.74) is 4.78. The van der Waals surface area contributed by atoms with Gasteiger partial charge in [-0.15, -0.1) is 0 Å². The molecular weight excluding hydrogens is 392 g/mol. The Morgan fingerprint density at radius 1 is 0.906 bits per heavy atom. The summed E-state index contributed by atoms with van der Waals surface area (Å²) in [6.45, 7) is 17.1. The largest absolute Gasteiger partial charge is 0.393 e. The molecule has 2 heteroatoms. The van der Waals surface area contributed by atoms with Crippen molar-refractivity contribution in [2.24, 2.45) is 39.4 Å². The molecule has 0 amide bonds. The van der Waals surface area contributed by atoms with Gasteiger partial charge in [-0.3, -0.25) is 0 Å². The molecule has 8 atom stereocenters. The molecule has 0 aliphatic heterocycles. The minimum Gasteiger partial charge on any atom is -0.393 e. The molecule has 1 unspecified atom stereocenters. The molecule has 2 nitrogen and oxygen atoms in total. The third-order valence-electron chi connectivity index (χ3n) is 12.1. The molecule has 0 radical (unpaired) electrons. The summed E-state index contributed by atoms with van der Waals surface area (Å²) in [6, 6.07) is 0. The van der Waals surface area contributed by atoms with Gasteiger partial charge in [0.05, 0.1) is 12.2 Å². The van der Waals surface area contributed by atoms with Crippen LogP contribution in [0.4, 0.5) is 0 Å². The van der Waals surface area contributed by atoms with Crippen molar-refractivity contribution in [3.05, 3.63) is 11.1 Å². The first-order chi connectivity index (χ1) is 14.9. The Bertz CT molecular complexity index is 737. The van der Waals surface area contributed by atoms with E-state index in [2.05, 4.69) is 48.5 Å². The van der Waals surface area contributed by atoms with E-state index in [-0.39, 0.29) is 17.6 Å². The fourth-order valence-electron chi connectivity index (χ4n) is 9.71. The molecule has 0 aromatic rings. The topological polar surface area (TPSA) is 40.5 Å².